The van der Waals surface area contributed by atoms with E-state index in [0.29, 0.717) is 76.5 Å². The number of carbonyl (C=O) groups excluding carboxylic acids is 3. The number of nitrogens with zero attached hydrogens (tertiary/aromatic N) is 3. The molecule has 41 heavy (non-hydrogen) atoms. The molecule has 4 aliphatic rings. The summed E-state index contributed by atoms with van der Waals surface area (Å²) in [4.78, 5) is 42.1. The van der Waals surface area contributed by atoms with Gasteiger partial charge in [-0.2, -0.15) is 0 Å². The number of hydrogen-bond acceptors (Lipinski definition) is 6. The van der Waals surface area contributed by atoms with Gasteiger partial charge in [0.1, 0.15) is 17.5 Å². The number of rotatable bonds is 6. The van der Waals surface area contributed by atoms with Crippen LogP contribution in [0.4, 0.5) is 20.2 Å². The Morgan fingerprint density at radius 3 is 2.27 bits per heavy atom. The molecular weight excluding hydrogens is 528 g/mol. The van der Waals surface area contributed by atoms with Crippen molar-refractivity contribution in [1.29, 1.82) is 0 Å². The van der Waals surface area contributed by atoms with E-state index in [0.717, 1.165) is 25.7 Å². The third kappa shape index (κ3) is 8.40. The molecule has 2 N–H and O–H groups in total. The number of amides is 3. The van der Waals surface area contributed by atoms with Gasteiger partial charge in [-0.15, -0.1) is 0 Å². The number of hydrogen-bond donors (Lipinski definition) is 2. The Labute approximate surface area is 243 Å². The summed E-state index contributed by atoms with van der Waals surface area (Å²) in [6.45, 7) is 8.08. The molecule has 1 atom stereocenters. The normalized spacial score (nSPS) is 23.9. The first-order valence-corrected chi connectivity index (χ1v) is 15.6. The molecule has 3 aliphatic heterocycles. The van der Waals surface area contributed by atoms with Gasteiger partial charge in [-0.1, -0.05) is 39.5 Å². The minimum absolute atomic E-state index is 0.131. The standard InChI is InChI=1S/C28H39F2N5O3.C3H8/c29-22-18-21(31-23-7-9-25(36)32-26(23)37)6-8-24(22)34-16-14-33(15-17-34)19-28(30)10-12-35(13-11-28)27(38)20-4-2-1-3-5-20;1-3-2/h6,8,18,20,23,31H,1-5,7,9-17,19H2,(H,32,36,37);3H2,1-2H3. The molecule has 8 nitrogen and oxygen atoms in total. The van der Waals surface area contributed by atoms with Crippen LogP contribution in [-0.2, 0) is 14.4 Å². The second-order valence-electron chi connectivity index (χ2n) is 12.1. The third-order valence-corrected chi connectivity index (χ3v) is 8.67. The van der Waals surface area contributed by atoms with Crippen LogP contribution in [0.5, 0.6) is 0 Å². The van der Waals surface area contributed by atoms with E-state index in [2.05, 4.69) is 29.4 Å². The van der Waals surface area contributed by atoms with E-state index >= 15 is 4.39 Å². The second kappa shape index (κ2) is 14.4. The first kappa shape index (κ1) is 31.2. The lowest BCUT2D eigenvalue weighted by Gasteiger charge is -2.43. The maximum absolute atomic E-state index is 15.7. The van der Waals surface area contributed by atoms with Gasteiger partial charge in [0.05, 0.1) is 5.69 Å². The lowest BCUT2D eigenvalue weighted by Crippen LogP contribution is -2.54. The SMILES string of the molecule is CCC.O=C1CCC(Nc2ccc(N3CCN(CC4(F)CCN(C(=O)C5CCCCC5)CC4)CC3)c(F)c2)C(=O)N1. The molecule has 0 radical (unpaired) electrons. The van der Waals surface area contributed by atoms with Gasteiger partial charge in [0.25, 0.3) is 0 Å². The van der Waals surface area contributed by atoms with E-state index in [9.17, 15) is 18.8 Å². The fourth-order valence-electron chi connectivity index (χ4n) is 6.33. The summed E-state index contributed by atoms with van der Waals surface area (Å²) in [5.41, 5.74) is -0.310. The molecule has 228 valence electrons. The highest BCUT2D eigenvalue weighted by atomic mass is 19.1. The van der Waals surface area contributed by atoms with Crippen LogP contribution in [0.2, 0.25) is 0 Å². The summed E-state index contributed by atoms with van der Waals surface area (Å²) in [6.07, 6.45) is 8.04. The summed E-state index contributed by atoms with van der Waals surface area (Å²) in [5, 5.41) is 5.30. The maximum atomic E-state index is 15.7. The van der Waals surface area contributed by atoms with E-state index in [1.807, 2.05) is 9.80 Å². The molecule has 0 spiro atoms. The highest BCUT2D eigenvalue weighted by molar-refractivity contribution is 6.01. The van der Waals surface area contributed by atoms with Gasteiger partial charge in [-0.3, -0.25) is 24.6 Å². The van der Waals surface area contributed by atoms with E-state index in [1.54, 1.807) is 12.1 Å². The van der Waals surface area contributed by atoms with Crippen LogP contribution in [0.15, 0.2) is 18.2 Å². The molecule has 0 bridgehead atoms. The number of piperidine rings is 2. The quantitative estimate of drug-likeness (QED) is 0.487. The Balaban J connectivity index is 0.00000124. The molecule has 3 saturated heterocycles. The van der Waals surface area contributed by atoms with Crippen LogP contribution < -0.4 is 15.5 Å². The Morgan fingerprint density at radius 2 is 1.66 bits per heavy atom. The van der Waals surface area contributed by atoms with E-state index in [-0.39, 0.29) is 30.0 Å². The van der Waals surface area contributed by atoms with Crippen molar-refractivity contribution in [3.05, 3.63) is 24.0 Å². The molecule has 3 amide bonds. The lowest BCUT2D eigenvalue weighted by molar-refractivity contribution is -0.139. The predicted molar refractivity (Wildman–Crippen MR) is 157 cm³/mol. The molecule has 1 aromatic carbocycles. The highest BCUT2D eigenvalue weighted by Crippen LogP contribution is 2.32. The highest BCUT2D eigenvalue weighted by Gasteiger charge is 2.39. The average molecular weight is 576 g/mol. The minimum atomic E-state index is -1.29. The Morgan fingerprint density at radius 1 is 1.00 bits per heavy atom. The van der Waals surface area contributed by atoms with Crippen LogP contribution in [-0.4, -0.2) is 85.0 Å². The molecule has 1 aromatic rings. The second-order valence-corrected chi connectivity index (χ2v) is 12.1. The largest absolute Gasteiger partial charge is 0.374 e. The smallest absolute Gasteiger partial charge is 0.249 e. The van der Waals surface area contributed by atoms with Crippen LogP contribution in [0.3, 0.4) is 0 Å². The Hall–Kier alpha value is -2.75. The monoisotopic (exact) mass is 575 g/mol. The number of benzene rings is 1. The van der Waals surface area contributed by atoms with Crippen molar-refractivity contribution < 1.29 is 23.2 Å². The average Bonchev–Trinajstić information content (AvgIpc) is 2.96. The van der Waals surface area contributed by atoms with Gasteiger partial charge < -0.3 is 15.1 Å². The zero-order valence-corrected chi connectivity index (χ0v) is 24.7. The molecule has 1 saturated carbocycles. The molecule has 4 fully saturated rings. The topological polar surface area (TPSA) is 85.0 Å². The Bertz CT molecular complexity index is 1050. The van der Waals surface area contributed by atoms with Crippen LogP contribution >= 0.6 is 0 Å². The fourth-order valence-corrected chi connectivity index (χ4v) is 6.33. The number of nitrogens with one attached hydrogen (secondary N) is 2. The summed E-state index contributed by atoms with van der Waals surface area (Å²) in [6, 6.07) is 4.26. The number of piperazine rings is 1. The van der Waals surface area contributed by atoms with Crippen molar-refractivity contribution in [2.45, 2.75) is 89.8 Å². The van der Waals surface area contributed by atoms with Crippen LogP contribution in [0, 0.1) is 11.7 Å². The minimum Gasteiger partial charge on any atom is -0.374 e. The zero-order valence-electron chi connectivity index (χ0n) is 24.7. The number of carbonyl (C=O) groups is 3. The van der Waals surface area contributed by atoms with Gasteiger partial charge in [0.15, 0.2) is 0 Å². The van der Waals surface area contributed by atoms with Crippen LogP contribution in [0.1, 0.15) is 78.1 Å². The van der Waals surface area contributed by atoms with Crippen molar-refractivity contribution in [1.82, 2.24) is 15.1 Å². The van der Waals surface area contributed by atoms with Gasteiger partial charge in [-0.05, 0) is 37.5 Å². The van der Waals surface area contributed by atoms with Gasteiger partial charge in [-0.25, -0.2) is 8.78 Å². The third-order valence-electron chi connectivity index (χ3n) is 8.67. The van der Waals surface area contributed by atoms with Gasteiger partial charge in [0, 0.05) is 76.7 Å². The number of likely N-dealkylation sites (tertiary alicyclic amines) is 1. The first-order valence-electron chi connectivity index (χ1n) is 15.6. The predicted octanol–water partition coefficient (Wildman–Crippen LogP) is 4.49. The Kier molecular flexibility index (Phi) is 11.0. The van der Waals surface area contributed by atoms with Crippen molar-refractivity contribution in [2.24, 2.45) is 5.92 Å². The molecule has 0 aromatic heterocycles. The number of anilines is 2. The molecular formula is C31H47F2N5O3. The number of alkyl halides is 1. The summed E-state index contributed by atoms with van der Waals surface area (Å²) in [5.74, 6) is -0.711. The fraction of sp³-hybridized carbons (Fsp3) is 0.710. The maximum Gasteiger partial charge on any atom is 0.249 e. The molecule has 5 rings (SSSR count). The van der Waals surface area contributed by atoms with Gasteiger partial charge >= 0.3 is 0 Å². The van der Waals surface area contributed by atoms with E-state index in [4.69, 9.17) is 0 Å². The van der Waals surface area contributed by atoms with E-state index in [1.165, 1.54) is 18.9 Å². The van der Waals surface area contributed by atoms with Crippen molar-refractivity contribution >= 4 is 29.1 Å². The molecule has 3 heterocycles. The van der Waals surface area contributed by atoms with Gasteiger partial charge in [0.2, 0.25) is 17.7 Å². The van der Waals surface area contributed by atoms with Crippen molar-refractivity contribution in [3.63, 3.8) is 0 Å². The summed E-state index contributed by atoms with van der Waals surface area (Å²) < 4.78 is 30.7. The number of imide groups is 1. The van der Waals surface area contributed by atoms with Crippen LogP contribution in [0.25, 0.3) is 0 Å². The van der Waals surface area contributed by atoms with Crippen molar-refractivity contribution in [3.8, 4) is 0 Å². The summed E-state index contributed by atoms with van der Waals surface area (Å²) >= 11 is 0. The lowest BCUT2D eigenvalue weighted by atomic mass is 9.86. The van der Waals surface area contributed by atoms with Crippen molar-refractivity contribution in [2.75, 3.05) is 56.0 Å². The first-order chi connectivity index (χ1) is 19.7. The summed E-state index contributed by atoms with van der Waals surface area (Å²) in [7, 11) is 0. The molecule has 1 aliphatic carbocycles. The molecule has 10 heteroatoms. The number of halogens is 2. The zero-order chi connectivity index (χ0) is 29.4. The van der Waals surface area contributed by atoms with E-state index < -0.39 is 17.6 Å². The molecule has 1 unspecified atom stereocenters.